The van der Waals surface area contributed by atoms with E-state index in [1.165, 1.54) is 75.1 Å². The van der Waals surface area contributed by atoms with Gasteiger partial charge < -0.3 is 14.8 Å². The van der Waals surface area contributed by atoms with Crippen LogP contribution in [0.15, 0.2) is 85.1 Å². The molecule has 2 aromatic rings. The first-order chi connectivity index (χ1) is 24.8. The average molecular weight is 738 g/mol. The van der Waals surface area contributed by atoms with Crippen molar-refractivity contribution in [3.8, 4) is 0 Å². The van der Waals surface area contributed by atoms with Crippen molar-refractivity contribution in [2.75, 3.05) is 38.2 Å². The smallest absolute Gasteiger partial charge is 0.123 e. The molecule has 0 heterocycles. The van der Waals surface area contributed by atoms with Gasteiger partial charge in [-0.25, -0.2) is 10.2 Å². The van der Waals surface area contributed by atoms with E-state index >= 15 is 0 Å². The summed E-state index contributed by atoms with van der Waals surface area (Å²) >= 11 is 6.35. The Balaban J connectivity index is 0.00000148. The predicted octanol–water partition coefficient (Wildman–Crippen LogP) is 13.0. The van der Waals surface area contributed by atoms with Crippen LogP contribution in [-0.4, -0.2) is 49.1 Å². The molecule has 2 aromatic carbocycles. The molecule has 2 rings (SSSR count). The number of hydrogen-bond acceptors (Lipinski definition) is 4. The number of benzene rings is 2. The Morgan fingerprint density at radius 2 is 1.58 bits per heavy atom. The fourth-order valence-electron chi connectivity index (χ4n) is 6.26. The van der Waals surface area contributed by atoms with Crippen LogP contribution in [-0.2, 0) is 0 Å². The zero-order valence-electron chi connectivity index (χ0n) is 34.5. The molecule has 0 amide bonds. The first-order valence-electron chi connectivity index (χ1n) is 20.0. The van der Waals surface area contributed by atoms with Crippen LogP contribution in [0.25, 0.3) is 5.57 Å². The van der Waals surface area contributed by atoms with Crippen molar-refractivity contribution in [1.82, 2.24) is 9.80 Å². The van der Waals surface area contributed by atoms with Crippen molar-refractivity contribution < 1.29 is 4.39 Å². The van der Waals surface area contributed by atoms with Gasteiger partial charge in [-0.1, -0.05) is 121 Å². The number of rotatable bonds is 24. The van der Waals surface area contributed by atoms with Crippen LogP contribution in [0.3, 0.4) is 0 Å². The van der Waals surface area contributed by atoms with Crippen molar-refractivity contribution in [2.45, 2.75) is 126 Å². The molecule has 0 saturated carbocycles. The molecule has 0 aliphatic rings. The summed E-state index contributed by atoms with van der Waals surface area (Å²) in [5, 5.41) is 2.33. The van der Waals surface area contributed by atoms with Crippen LogP contribution in [0.4, 0.5) is 10.1 Å². The quantitative estimate of drug-likeness (QED) is 0.0504. The van der Waals surface area contributed by atoms with Crippen LogP contribution in [0, 0.1) is 24.6 Å². The van der Waals surface area contributed by atoms with Gasteiger partial charge in [0.25, 0.3) is 0 Å². The molecule has 3 atom stereocenters. The lowest BCUT2D eigenvalue weighted by atomic mass is 9.96. The first kappa shape index (κ1) is 47.2. The minimum absolute atomic E-state index is 0.171. The van der Waals surface area contributed by atoms with Gasteiger partial charge in [0, 0.05) is 35.9 Å². The summed E-state index contributed by atoms with van der Waals surface area (Å²) < 4.78 is 12.1. The molecule has 4 nitrogen and oxygen atoms in total. The number of nitrogens with zero attached hydrogens (tertiary/aromatic N) is 3. The maximum atomic E-state index is 12.1. The molecule has 0 radical (unpaired) electrons. The van der Waals surface area contributed by atoms with E-state index in [2.05, 4.69) is 89.7 Å². The van der Waals surface area contributed by atoms with Crippen LogP contribution >= 0.6 is 11.6 Å². The Morgan fingerprint density at radius 3 is 2.15 bits per heavy atom. The molecule has 0 spiro atoms. The molecule has 0 aliphatic carbocycles. The first-order valence-corrected chi connectivity index (χ1v) is 20.4. The Labute approximate surface area is 324 Å². The maximum absolute atomic E-state index is 12.1. The molecule has 3 unspecified atom stereocenters. The number of halogens is 2. The fraction of sp³-hybridized carbons (Fsp3) is 0.565. The zero-order valence-corrected chi connectivity index (χ0v) is 35.3. The summed E-state index contributed by atoms with van der Waals surface area (Å²) in [5.74, 6) is 7.15. The van der Waals surface area contributed by atoms with E-state index in [1.54, 1.807) is 17.1 Å². The van der Waals surface area contributed by atoms with Gasteiger partial charge in [0.15, 0.2) is 0 Å². The predicted molar refractivity (Wildman–Crippen MR) is 230 cm³/mol. The number of allylic oxidation sites excluding steroid dienone is 4. The summed E-state index contributed by atoms with van der Waals surface area (Å²) in [4.78, 5) is 5.17. The SMILES string of the molecule is C=C(CCN(C(=C)CCC)C(C)C(C)/C=C\C(=C/CC)CCCCN(CCC)CCC(C)CC)c1cc(Cl)ccc1N(C)N.Cc1ccc(F)cc1. The molecule has 0 fully saturated rings. The van der Waals surface area contributed by atoms with E-state index < -0.39 is 0 Å². The summed E-state index contributed by atoms with van der Waals surface area (Å²) in [6.07, 6.45) is 18.7. The second kappa shape index (κ2) is 26.8. The summed E-state index contributed by atoms with van der Waals surface area (Å²) in [6, 6.07) is 12.5. The van der Waals surface area contributed by atoms with Crippen molar-refractivity contribution in [2.24, 2.45) is 17.7 Å². The molecule has 52 heavy (non-hydrogen) atoms. The van der Waals surface area contributed by atoms with Crippen molar-refractivity contribution in [1.29, 1.82) is 0 Å². The van der Waals surface area contributed by atoms with Gasteiger partial charge in [-0.15, -0.1) is 0 Å². The Bertz CT molecular complexity index is 1330. The van der Waals surface area contributed by atoms with E-state index in [0.29, 0.717) is 17.0 Å². The largest absolute Gasteiger partial charge is 0.372 e. The number of nitrogens with two attached hydrogens (primary N) is 1. The second-order valence-electron chi connectivity index (χ2n) is 14.7. The highest BCUT2D eigenvalue weighted by Crippen LogP contribution is 2.31. The van der Waals surface area contributed by atoms with Crippen molar-refractivity contribution in [3.63, 3.8) is 0 Å². The van der Waals surface area contributed by atoms with E-state index in [-0.39, 0.29) is 5.82 Å². The molecule has 0 saturated heterocycles. The van der Waals surface area contributed by atoms with Gasteiger partial charge in [-0.3, -0.25) is 0 Å². The van der Waals surface area contributed by atoms with Gasteiger partial charge >= 0.3 is 0 Å². The lowest BCUT2D eigenvalue weighted by molar-refractivity contribution is 0.228. The molecule has 0 bridgehead atoms. The zero-order chi connectivity index (χ0) is 39.1. The third-order valence-corrected chi connectivity index (χ3v) is 10.3. The number of hydrogen-bond donors (Lipinski definition) is 1. The number of aryl methyl sites for hydroxylation is 1. The molecular formula is C46H74ClFN4. The van der Waals surface area contributed by atoms with Crippen LogP contribution in [0.5, 0.6) is 0 Å². The van der Waals surface area contributed by atoms with Gasteiger partial charge in [0.2, 0.25) is 0 Å². The summed E-state index contributed by atoms with van der Waals surface area (Å²) in [6.45, 7) is 31.5. The maximum Gasteiger partial charge on any atom is 0.123 e. The van der Waals surface area contributed by atoms with Gasteiger partial charge in [0.1, 0.15) is 5.82 Å². The van der Waals surface area contributed by atoms with Gasteiger partial charge in [-0.2, -0.15) is 0 Å². The van der Waals surface area contributed by atoms with Crippen LogP contribution < -0.4 is 10.9 Å². The highest BCUT2D eigenvalue weighted by molar-refractivity contribution is 6.30. The lowest BCUT2D eigenvalue weighted by Crippen LogP contribution is -2.37. The Hall–Kier alpha value is -2.86. The molecule has 0 aliphatic heterocycles. The van der Waals surface area contributed by atoms with Crippen LogP contribution in [0.2, 0.25) is 5.02 Å². The fourth-order valence-corrected chi connectivity index (χ4v) is 6.44. The molecule has 2 N–H and O–H groups in total. The highest BCUT2D eigenvalue weighted by Gasteiger charge is 2.21. The van der Waals surface area contributed by atoms with E-state index in [0.717, 1.165) is 67.0 Å². The van der Waals surface area contributed by atoms with E-state index in [9.17, 15) is 4.39 Å². The number of hydrazine groups is 1. The summed E-state index contributed by atoms with van der Waals surface area (Å²) in [7, 11) is 1.85. The molecule has 6 heteroatoms. The topological polar surface area (TPSA) is 35.7 Å². The normalized spacial score (nSPS) is 13.4. The monoisotopic (exact) mass is 737 g/mol. The van der Waals surface area contributed by atoms with Crippen molar-refractivity contribution >= 4 is 22.9 Å². The van der Waals surface area contributed by atoms with Crippen LogP contribution in [0.1, 0.15) is 124 Å². The van der Waals surface area contributed by atoms with E-state index in [4.69, 9.17) is 17.4 Å². The summed E-state index contributed by atoms with van der Waals surface area (Å²) in [5.41, 5.74) is 6.74. The molecule has 0 aromatic heterocycles. The van der Waals surface area contributed by atoms with Gasteiger partial charge in [0.05, 0.1) is 5.69 Å². The molecular weight excluding hydrogens is 663 g/mol. The standard InChI is InChI=1S/C39H67ClN4.C7H7F/c1-11-17-34(8)44(29-25-33(7)38-30-37(40)22-23-39(38)42(10)41)35(9)32(6)20-21-36(18-12-2)19-15-16-27-43(26-13-3)28-24-31(5)14-4;1-6-2-4-7(8)5-3-6/h18,20-23,30-32,35H,7-8,11-17,19,24-29,41H2,1-6,9-10H3;2-5H,1H3/b21-20-,36-18-;. The third-order valence-electron chi connectivity index (χ3n) is 10.0. The number of unbranched alkanes of at least 4 members (excludes halogenated alkanes) is 1. The average Bonchev–Trinajstić information content (AvgIpc) is 3.12. The van der Waals surface area contributed by atoms with Gasteiger partial charge in [-0.05, 0) is 133 Å². The second-order valence-corrected chi connectivity index (χ2v) is 15.1. The van der Waals surface area contributed by atoms with Crippen molar-refractivity contribution in [3.05, 3.63) is 107 Å². The minimum atomic E-state index is -0.171. The highest BCUT2D eigenvalue weighted by atomic mass is 35.5. The Kier molecular flexibility index (Phi) is 24.3. The third kappa shape index (κ3) is 18.8. The lowest BCUT2D eigenvalue weighted by Gasteiger charge is -2.36. The van der Waals surface area contributed by atoms with E-state index in [1.807, 2.05) is 32.2 Å². The molecule has 292 valence electrons. The Morgan fingerprint density at radius 1 is 0.885 bits per heavy atom. The minimum Gasteiger partial charge on any atom is -0.372 e. The number of anilines is 1.